The van der Waals surface area contributed by atoms with Gasteiger partial charge in [0.25, 0.3) is 0 Å². The van der Waals surface area contributed by atoms with Crippen molar-refractivity contribution in [3.05, 3.63) is 36.2 Å². The molecule has 11 heavy (non-hydrogen) atoms. The molecule has 0 saturated heterocycles. The molecule has 1 aromatic heterocycles. The number of hydrogen-bond donors (Lipinski definition) is 1. The second-order valence-corrected chi connectivity index (χ2v) is 2.28. The van der Waals surface area contributed by atoms with E-state index >= 15 is 0 Å². The van der Waals surface area contributed by atoms with Gasteiger partial charge in [0.2, 0.25) is 0 Å². The Balaban J connectivity index is 0.000000605. The van der Waals surface area contributed by atoms with Gasteiger partial charge in [-0.2, -0.15) is 0 Å². The Hall–Kier alpha value is -0.752. The van der Waals surface area contributed by atoms with E-state index in [4.69, 9.17) is 5.73 Å². The van der Waals surface area contributed by atoms with E-state index in [1.165, 1.54) is 0 Å². The van der Waals surface area contributed by atoms with Crippen LogP contribution >= 0.6 is 0 Å². The van der Waals surface area contributed by atoms with E-state index in [1.54, 1.807) is 6.07 Å². The first-order valence-corrected chi connectivity index (χ1v) is 3.15. The molecule has 2 nitrogen and oxygen atoms in total. The van der Waals surface area contributed by atoms with E-state index in [1.807, 2.05) is 24.4 Å². The molecular formula is C8H7N2W-. The third-order valence-corrected chi connectivity index (χ3v) is 1.55. The van der Waals surface area contributed by atoms with Crippen molar-refractivity contribution >= 4 is 16.6 Å². The molecule has 0 saturated carbocycles. The van der Waals surface area contributed by atoms with Crippen molar-refractivity contribution < 1.29 is 21.1 Å². The number of benzene rings is 1. The van der Waals surface area contributed by atoms with Crippen LogP contribution in [0, 0.1) is 0 Å². The normalized spacial score (nSPS) is 9.45. The third-order valence-electron chi connectivity index (χ3n) is 1.55. The minimum absolute atomic E-state index is 0. The standard InChI is InChI=1S/C8H7N2.W/c9-7-1-2-8-6(5-7)3-4-10-8;/h1-5,9-10H;/q-1;. The van der Waals surface area contributed by atoms with E-state index in [0.29, 0.717) is 5.69 Å². The van der Waals surface area contributed by atoms with Gasteiger partial charge in [0.15, 0.2) is 0 Å². The number of H-pyrrole nitrogens is 1. The molecule has 1 aromatic carbocycles. The molecule has 0 aliphatic rings. The van der Waals surface area contributed by atoms with Crippen molar-refractivity contribution in [2.45, 2.75) is 0 Å². The summed E-state index contributed by atoms with van der Waals surface area (Å²) < 4.78 is 0. The van der Waals surface area contributed by atoms with Crippen LogP contribution in [-0.4, -0.2) is 4.98 Å². The molecule has 0 spiro atoms. The van der Waals surface area contributed by atoms with Crippen molar-refractivity contribution in [2.24, 2.45) is 0 Å². The van der Waals surface area contributed by atoms with Gasteiger partial charge in [-0.1, -0.05) is 12.1 Å². The first kappa shape index (κ1) is 8.35. The van der Waals surface area contributed by atoms with Crippen LogP contribution in [0.1, 0.15) is 0 Å². The van der Waals surface area contributed by atoms with Crippen molar-refractivity contribution in [1.29, 1.82) is 0 Å². The second-order valence-electron chi connectivity index (χ2n) is 2.28. The molecule has 56 valence electrons. The topological polar surface area (TPSA) is 39.6 Å². The summed E-state index contributed by atoms with van der Waals surface area (Å²) in [7, 11) is 0. The molecule has 0 fully saturated rings. The summed E-state index contributed by atoms with van der Waals surface area (Å²) in [5.74, 6) is 0. The summed E-state index contributed by atoms with van der Waals surface area (Å²) in [5, 5.41) is 1.10. The van der Waals surface area contributed by atoms with Gasteiger partial charge in [-0.05, 0) is 17.5 Å². The number of rotatable bonds is 0. The summed E-state index contributed by atoms with van der Waals surface area (Å²) in [6.45, 7) is 0. The molecule has 0 radical (unpaired) electrons. The molecule has 0 aliphatic carbocycles. The van der Waals surface area contributed by atoms with Crippen LogP contribution in [0.3, 0.4) is 0 Å². The molecule has 0 unspecified atom stereocenters. The number of fused-ring (bicyclic) bond motifs is 1. The van der Waals surface area contributed by atoms with E-state index in [9.17, 15) is 0 Å². The first-order valence-electron chi connectivity index (χ1n) is 3.15. The molecule has 2 aromatic rings. The van der Waals surface area contributed by atoms with Crippen LogP contribution in [-0.2, 0) is 21.1 Å². The van der Waals surface area contributed by atoms with Crippen LogP contribution in [0.25, 0.3) is 16.6 Å². The maximum atomic E-state index is 7.30. The molecule has 0 bridgehead atoms. The molecule has 2 N–H and O–H groups in total. The smallest absolute Gasteiger partial charge is 0.0453 e. The minimum atomic E-state index is 0. The van der Waals surface area contributed by atoms with Crippen LogP contribution in [0.5, 0.6) is 0 Å². The quantitative estimate of drug-likeness (QED) is 0.777. The maximum absolute atomic E-state index is 7.30. The fourth-order valence-electron chi connectivity index (χ4n) is 1.05. The molecule has 0 aliphatic heterocycles. The van der Waals surface area contributed by atoms with Gasteiger partial charge in [-0.25, -0.2) is 0 Å². The zero-order valence-corrected chi connectivity index (χ0v) is 8.73. The average molecular weight is 315 g/mol. The van der Waals surface area contributed by atoms with Crippen molar-refractivity contribution in [2.75, 3.05) is 0 Å². The van der Waals surface area contributed by atoms with Crippen LogP contribution in [0.4, 0.5) is 5.69 Å². The predicted octanol–water partition coefficient (Wildman–Crippen LogP) is 2.85. The summed E-state index contributed by atoms with van der Waals surface area (Å²) in [5.41, 5.74) is 8.96. The van der Waals surface area contributed by atoms with Crippen molar-refractivity contribution in [1.82, 2.24) is 4.98 Å². The summed E-state index contributed by atoms with van der Waals surface area (Å²) in [6, 6.07) is 7.50. The summed E-state index contributed by atoms with van der Waals surface area (Å²) in [4.78, 5) is 3.06. The fourth-order valence-corrected chi connectivity index (χ4v) is 1.05. The van der Waals surface area contributed by atoms with Gasteiger partial charge in [0.05, 0.1) is 0 Å². The summed E-state index contributed by atoms with van der Waals surface area (Å²) >= 11 is 0. The Kier molecular flexibility index (Phi) is 2.35. The fraction of sp³-hybridized carbons (Fsp3) is 0. The number of nitrogens with one attached hydrogen (secondary N) is 2. The second kappa shape index (κ2) is 3.10. The van der Waals surface area contributed by atoms with Crippen LogP contribution in [0.2, 0.25) is 0 Å². The van der Waals surface area contributed by atoms with Gasteiger partial charge < -0.3 is 10.7 Å². The van der Waals surface area contributed by atoms with Crippen LogP contribution in [0.15, 0.2) is 30.5 Å². The molecular weight excluding hydrogens is 308 g/mol. The molecule has 2 rings (SSSR count). The Morgan fingerprint density at radius 2 is 2.00 bits per heavy atom. The summed E-state index contributed by atoms with van der Waals surface area (Å²) in [6.07, 6.45) is 1.88. The number of aromatic amines is 1. The first-order chi connectivity index (χ1) is 4.86. The Labute approximate surface area is 79.1 Å². The SMILES string of the molecule is [NH-]c1ccc2[nH]ccc2c1.[W]. The Morgan fingerprint density at radius 3 is 2.82 bits per heavy atom. The van der Waals surface area contributed by atoms with Crippen LogP contribution < -0.4 is 0 Å². The minimum Gasteiger partial charge on any atom is -0.699 e. The maximum Gasteiger partial charge on any atom is 0.0453 e. The van der Waals surface area contributed by atoms with Crippen molar-refractivity contribution in [3.63, 3.8) is 0 Å². The average Bonchev–Trinajstić information content (AvgIpc) is 2.33. The zero-order chi connectivity index (χ0) is 6.97. The van der Waals surface area contributed by atoms with E-state index in [0.717, 1.165) is 10.9 Å². The van der Waals surface area contributed by atoms with Gasteiger partial charge in [-0.15, -0.1) is 5.69 Å². The Morgan fingerprint density at radius 1 is 1.18 bits per heavy atom. The number of hydrogen-bond acceptors (Lipinski definition) is 0. The van der Waals surface area contributed by atoms with E-state index < -0.39 is 0 Å². The Bertz CT molecular complexity index is 354. The predicted molar refractivity (Wildman–Crippen MR) is 42.3 cm³/mol. The molecule has 0 amide bonds. The van der Waals surface area contributed by atoms with Gasteiger partial charge in [0.1, 0.15) is 0 Å². The monoisotopic (exact) mass is 315 g/mol. The number of aromatic nitrogens is 1. The zero-order valence-electron chi connectivity index (χ0n) is 5.79. The van der Waals surface area contributed by atoms with E-state index in [-0.39, 0.29) is 21.1 Å². The van der Waals surface area contributed by atoms with E-state index in [2.05, 4.69) is 4.98 Å². The van der Waals surface area contributed by atoms with Gasteiger partial charge in [-0.3, -0.25) is 0 Å². The molecule has 3 heteroatoms. The van der Waals surface area contributed by atoms with Crippen molar-refractivity contribution in [3.8, 4) is 0 Å². The largest absolute Gasteiger partial charge is 0.699 e. The van der Waals surface area contributed by atoms with Gasteiger partial charge >= 0.3 is 0 Å². The molecule has 0 atom stereocenters. The third kappa shape index (κ3) is 1.46. The van der Waals surface area contributed by atoms with Gasteiger partial charge in [0, 0.05) is 32.8 Å². The molecule has 1 heterocycles.